The quantitative estimate of drug-likeness (QED) is 0.463. The van der Waals surface area contributed by atoms with Crippen LogP contribution in [-0.4, -0.2) is 34.9 Å². The van der Waals surface area contributed by atoms with Crippen molar-refractivity contribution in [2.24, 2.45) is 5.92 Å². The van der Waals surface area contributed by atoms with E-state index in [1.54, 1.807) is 0 Å². The van der Waals surface area contributed by atoms with Crippen molar-refractivity contribution >= 4 is 11.9 Å². The lowest BCUT2D eigenvalue weighted by molar-refractivity contribution is -0.142. The van der Waals surface area contributed by atoms with Gasteiger partial charge in [-0.1, -0.05) is 12.8 Å². The third-order valence-electron chi connectivity index (χ3n) is 2.74. The summed E-state index contributed by atoms with van der Waals surface area (Å²) >= 11 is 0. The van der Waals surface area contributed by atoms with Gasteiger partial charge in [0.1, 0.15) is 0 Å². The summed E-state index contributed by atoms with van der Waals surface area (Å²) in [6, 6.07) is 0. The maximum Gasteiger partial charge on any atom is 0.306 e. The average molecular weight is 230 g/mol. The lowest BCUT2D eigenvalue weighted by atomic mass is 9.96. The number of hydrogen-bond donors (Lipinski definition) is 2. The molecule has 0 bridgehead atoms. The van der Waals surface area contributed by atoms with Crippen LogP contribution < -0.4 is 0 Å². The average Bonchev–Trinajstić information content (AvgIpc) is 2.98. The summed E-state index contributed by atoms with van der Waals surface area (Å²) < 4.78 is 5.01. The van der Waals surface area contributed by atoms with Gasteiger partial charge in [0.25, 0.3) is 0 Å². The number of aliphatic carboxylic acids is 2. The minimum Gasteiger partial charge on any atom is -0.481 e. The van der Waals surface area contributed by atoms with Gasteiger partial charge in [-0.15, -0.1) is 0 Å². The van der Waals surface area contributed by atoms with E-state index in [1.165, 1.54) is 0 Å². The van der Waals surface area contributed by atoms with Gasteiger partial charge in [0.2, 0.25) is 0 Å². The third kappa shape index (κ3) is 5.70. The molecule has 1 fully saturated rings. The Morgan fingerprint density at radius 3 is 2.44 bits per heavy atom. The van der Waals surface area contributed by atoms with Crippen molar-refractivity contribution in [3.8, 4) is 0 Å². The Labute approximate surface area is 94.4 Å². The van der Waals surface area contributed by atoms with Gasteiger partial charge in [-0.3, -0.25) is 9.59 Å². The summed E-state index contributed by atoms with van der Waals surface area (Å²) in [7, 11) is 0. The van der Waals surface area contributed by atoms with Crippen LogP contribution in [0, 0.1) is 5.92 Å². The van der Waals surface area contributed by atoms with Crippen LogP contribution in [0.2, 0.25) is 0 Å². The Hall–Kier alpha value is -1.10. The molecule has 0 aromatic carbocycles. The molecule has 16 heavy (non-hydrogen) atoms. The maximum atomic E-state index is 10.9. The molecule has 5 heteroatoms. The van der Waals surface area contributed by atoms with Gasteiger partial charge in [0.15, 0.2) is 0 Å². The summed E-state index contributed by atoms with van der Waals surface area (Å²) in [6.07, 6.45) is 3.70. The largest absolute Gasteiger partial charge is 0.481 e. The molecular formula is C11H18O5. The van der Waals surface area contributed by atoms with Gasteiger partial charge < -0.3 is 14.9 Å². The van der Waals surface area contributed by atoms with Crippen molar-refractivity contribution in [2.45, 2.75) is 44.6 Å². The van der Waals surface area contributed by atoms with Crippen LogP contribution in [0.15, 0.2) is 0 Å². The molecule has 0 saturated carbocycles. The Balaban J connectivity index is 2.07. The van der Waals surface area contributed by atoms with Gasteiger partial charge in [0.05, 0.1) is 18.6 Å². The van der Waals surface area contributed by atoms with Crippen molar-refractivity contribution in [3.05, 3.63) is 0 Å². The van der Waals surface area contributed by atoms with Crippen LogP contribution in [0.5, 0.6) is 0 Å². The fraction of sp³-hybridized carbons (Fsp3) is 0.818. The van der Waals surface area contributed by atoms with Gasteiger partial charge in [-0.2, -0.15) is 0 Å². The molecule has 2 N–H and O–H groups in total. The Kier molecular flexibility index (Phi) is 5.25. The second-order valence-electron chi connectivity index (χ2n) is 4.22. The van der Waals surface area contributed by atoms with Crippen LogP contribution in [0.4, 0.5) is 0 Å². The third-order valence-corrected chi connectivity index (χ3v) is 2.74. The first kappa shape index (κ1) is 13.0. The van der Waals surface area contributed by atoms with E-state index in [2.05, 4.69) is 0 Å². The Morgan fingerprint density at radius 2 is 1.94 bits per heavy atom. The maximum absolute atomic E-state index is 10.9. The molecule has 1 rings (SSSR count). The van der Waals surface area contributed by atoms with E-state index in [0.29, 0.717) is 25.9 Å². The summed E-state index contributed by atoms with van der Waals surface area (Å²) in [5, 5.41) is 17.4. The molecule has 5 nitrogen and oxygen atoms in total. The first-order chi connectivity index (χ1) is 7.59. The lowest BCUT2D eigenvalue weighted by Gasteiger charge is -2.09. The molecule has 2 unspecified atom stereocenters. The monoisotopic (exact) mass is 230 g/mol. The van der Waals surface area contributed by atoms with Crippen molar-refractivity contribution in [1.82, 2.24) is 0 Å². The molecule has 1 saturated heterocycles. The van der Waals surface area contributed by atoms with E-state index in [1.807, 2.05) is 0 Å². The topological polar surface area (TPSA) is 87.1 Å². The zero-order valence-electron chi connectivity index (χ0n) is 9.22. The minimum absolute atomic E-state index is 0.139. The molecular weight excluding hydrogens is 212 g/mol. The molecule has 0 amide bonds. The summed E-state index contributed by atoms with van der Waals surface area (Å²) in [4.78, 5) is 21.1. The van der Waals surface area contributed by atoms with Crippen molar-refractivity contribution in [3.63, 3.8) is 0 Å². The number of epoxide rings is 1. The van der Waals surface area contributed by atoms with Gasteiger partial charge in [-0.25, -0.2) is 0 Å². The molecule has 0 spiro atoms. The predicted octanol–water partition coefficient (Wildman–Crippen LogP) is 1.51. The summed E-state index contributed by atoms with van der Waals surface area (Å²) in [5.41, 5.74) is 0. The smallest absolute Gasteiger partial charge is 0.306 e. The first-order valence-corrected chi connectivity index (χ1v) is 5.66. The Bertz CT molecular complexity index is 247. The van der Waals surface area contributed by atoms with E-state index in [0.717, 1.165) is 12.8 Å². The van der Waals surface area contributed by atoms with E-state index in [4.69, 9.17) is 14.9 Å². The van der Waals surface area contributed by atoms with Crippen LogP contribution in [0.3, 0.4) is 0 Å². The summed E-state index contributed by atoms with van der Waals surface area (Å²) in [5.74, 6) is -1.90. The highest BCUT2D eigenvalue weighted by atomic mass is 16.6. The van der Waals surface area contributed by atoms with Crippen LogP contribution >= 0.6 is 0 Å². The number of carboxylic acid groups (broad SMARTS) is 2. The van der Waals surface area contributed by atoms with Crippen molar-refractivity contribution < 1.29 is 24.5 Å². The molecule has 0 aliphatic carbocycles. The number of unbranched alkanes of at least 4 members (excludes halogenated alkanes) is 2. The highest BCUT2D eigenvalue weighted by molar-refractivity contribution is 5.70. The number of ether oxygens (including phenoxy) is 1. The highest BCUT2D eigenvalue weighted by Gasteiger charge is 2.29. The van der Waals surface area contributed by atoms with E-state index in [9.17, 15) is 9.59 Å². The van der Waals surface area contributed by atoms with E-state index >= 15 is 0 Å². The minimum atomic E-state index is -0.791. The summed E-state index contributed by atoms with van der Waals surface area (Å²) in [6.45, 7) is 0.683. The molecule has 0 aromatic heterocycles. The van der Waals surface area contributed by atoms with Gasteiger partial charge in [-0.05, 0) is 19.3 Å². The number of hydrogen-bond acceptors (Lipinski definition) is 3. The molecule has 2 atom stereocenters. The highest BCUT2D eigenvalue weighted by Crippen LogP contribution is 2.23. The zero-order valence-corrected chi connectivity index (χ0v) is 9.22. The molecule has 1 aliphatic heterocycles. The molecule has 0 radical (unpaired) electrons. The predicted molar refractivity (Wildman–Crippen MR) is 56.2 cm³/mol. The molecule has 92 valence electrons. The van der Waals surface area contributed by atoms with Gasteiger partial charge >= 0.3 is 11.9 Å². The molecule has 1 heterocycles. The van der Waals surface area contributed by atoms with Gasteiger partial charge in [0, 0.05) is 6.42 Å². The number of rotatable bonds is 9. The first-order valence-electron chi connectivity index (χ1n) is 5.66. The Morgan fingerprint density at radius 1 is 1.25 bits per heavy atom. The van der Waals surface area contributed by atoms with Crippen molar-refractivity contribution in [1.29, 1.82) is 0 Å². The van der Waals surface area contributed by atoms with E-state index < -0.39 is 11.9 Å². The standard InChI is InChI=1S/C11H18O5/c12-10(13)5-3-1-2-4-8(11(14)15)6-9-7-16-9/h8-9H,1-7H2,(H,12,13)(H,14,15). The fourth-order valence-electron chi connectivity index (χ4n) is 1.71. The lowest BCUT2D eigenvalue weighted by Crippen LogP contribution is -2.15. The SMILES string of the molecule is O=C(O)CCCCCC(CC1CO1)C(=O)O. The van der Waals surface area contributed by atoms with Crippen LogP contribution in [0.1, 0.15) is 38.5 Å². The fourth-order valence-corrected chi connectivity index (χ4v) is 1.71. The second kappa shape index (κ2) is 6.48. The van der Waals surface area contributed by atoms with E-state index in [-0.39, 0.29) is 18.4 Å². The van der Waals surface area contributed by atoms with Crippen LogP contribution in [0.25, 0.3) is 0 Å². The molecule has 1 aliphatic rings. The second-order valence-corrected chi connectivity index (χ2v) is 4.22. The van der Waals surface area contributed by atoms with Crippen LogP contribution in [-0.2, 0) is 14.3 Å². The normalized spacial score (nSPS) is 20.4. The number of carbonyl (C=O) groups is 2. The number of carboxylic acids is 2. The molecule has 0 aromatic rings. The zero-order chi connectivity index (χ0) is 12.0. The van der Waals surface area contributed by atoms with Crippen molar-refractivity contribution in [2.75, 3.05) is 6.61 Å².